The smallest absolute Gasteiger partial charge is 0.106 e. The Morgan fingerprint density at radius 3 is 1.60 bits per heavy atom. The van der Waals surface area contributed by atoms with Crippen LogP contribution in [0.15, 0.2) is 13.2 Å². The third-order valence-electron chi connectivity index (χ3n) is 0. The first-order valence-corrected chi connectivity index (χ1v) is 2.22. The molecule has 0 saturated heterocycles. The molecule has 0 spiro atoms. The van der Waals surface area contributed by atoms with Crippen molar-refractivity contribution < 1.29 is 4.21 Å². The van der Waals surface area contributed by atoms with Crippen molar-refractivity contribution in [1.82, 2.24) is 0 Å². The van der Waals surface area contributed by atoms with Crippen LogP contribution in [0.3, 0.4) is 0 Å². The molecular weight excluding hydrogens is 84.1 g/mol. The second-order valence-electron chi connectivity index (χ2n) is 0.167. The van der Waals surface area contributed by atoms with Crippen molar-refractivity contribution in [3.05, 3.63) is 13.2 Å². The van der Waals surface area contributed by atoms with Gasteiger partial charge in [0.05, 0.1) is 0 Å². The summed E-state index contributed by atoms with van der Waals surface area (Å²) in [6.45, 7) is 6.00. The van der Waals surface area contributed by atoms with Crippen LogP contribution in [0.5, 0.6) is 0 Å². The van der Waals surface area contributed by atoms with E-state index in [1.807, 2.05) is 0 Å². The lowest BCUT2D eigenvalue weighted by Crippen LogP contribution is -1.32. The van der Waals surface area contributed by atoms with Gasteiger partial charge in [-0.3, -0.25) is 0 Å². The molecule has 0 aromatic carbocycles. The molecule has 2 heteroatoms. The molecule has 0 bridgehead atoms. The first kappa shape index (κ1) is 8.83. The van der Waals surface area contributed by atoms with Crippen molar-refractivity contribution in [1.29, 1.82) is 0 Å². The molecule has 0 atom stereocenters. The molecule has 0 aromatic rings. The van der Waals surface area contributed by atoms with Gasteiger partial charge in [-0.05, 0) is 0 Å². The first-order valence-electron chi connectivity index (χ1n) is 1.07. The zero-order valence-electron chi connectivity index (χ0n) is 3.23. The molecule has 0 aliphatic heterocycles. The van der Waals surface area contributed by atoms with Crippen molar-refractivity contribution in [3.63, 3.8) is 0 Å². The topological polar surface area (TPSA) is 17.1 Å². The van der Waals surface area contributed by atoms with Gasteiger partial charge in [0.1, 0.15) is 0 Å². The highest BCUT2D eigenvalue weighted by Crippen LogP contribution is 1.14. The monoisotopic (exact) mass is 91.0 g/mol. The van der Waals surface area contributed by atoms with Crippen LogP contribution in [0.4, 0.5) is 0 Å². The van der Waals surface area contributed by atoms with Crippen LogP contribution in [0, 0.1) is 0 Å². The summed E-state index contributed by atoms with van der Waals surface area (Å²) in [5.41, 5.74) is 0. The van der Waals surface area contributed by atoms with Crippen LogP contribution in [-0.2, 0) is 15.9 Å². The van der Waals surface area contributed by atoms with Gasteiger partial charge in [0.15, 0.2) is 0 Å². The Bertz CT molecular complexity index is 20.9. The van der Waals surface area contributed by atoms with Crippen LogP contribution in [0.25, 0.3) is 0 Å². The highest BCUT2D eigenvalue weighted by atomic mass is 32.1. The average molecular weight is 91.2 g/mol. The van der Waals surface area contributed by atoms with Crippen molar-refractivity contribution in [3.8, 4) is 0 Å². The Balaban J connectivity index is 0. The molecule has 0 amide bonds. The van der Waals surface area contributed by atoms with E-state index >= 15 is 0 Å². The van der Waals surface area contributed by atoms with Gasteiger partial charge in [-0.25, -0.2) is 0 Å². The quantitative estimate of drug-likeness (QED) is 0.319. The Labute approximate surface area is 36.2 Å². The highest BCUT2D eigenvalue weighted by Gasteiger charge is 1.54. The third kappa shape index (κ3) is 202. The summed E-state index contributed by atoms with van der Waals surface area (Å²) in [6.07, 6.45) is 1.49. The van der Waals surface area contributed by atoms with E-state index < -0.39 is 0 Å². The molecule has 30 valence electrons. The van der Waals surface area contributed by atoms with Gasteiger partial charge in [-0.1, -0.05) is 0 Å². The Morgan fingerprint density at radius 1 is 1.60 bits per heavy atom. The maximum atomic E-state index is 8.85. The maximum absolute atomic E-state index is 8.85. The number of hydrogen-bond acceptors (Lipinski definition) is 1. The van der Waals surface area contributed by atoms with Gasteiger partial charge < -0.3 is 0 Å². The molecule has 0 N–H and O–H groups in total. The van der Waals surface area contributed by atoms with Gasteiger partial charge in [0.25, 0.3) is 0 Å². The lowest BCUT2D eigenvalue weighted by Gasteiger charge is -0.931. The van der Waals surface area contributed by atoms with E-state index in [9.17, 15) is 0 Å². The fourth-order valence-electron chi connectivity index (χ4n) is 0. The summed E-state index contributed by atoms with van der Waals surface area (Å²) in [7, 11) is 0. The van der Waals surface area contributed by atoms with Crippen LogP contribution in [0.1, 0.15) is 0 Å². The summed E-state index contributed by atoms with van der Waals surface area (Å²) in [5, 5.41) is 0. The van der Waals surface area contributed by atoms with E-state index in [-0.39, 0.29) is 0 Å². The van der Waals surface area contributed by atoms with Crippen molar-refractivity contribution in [2.45, 2.75) is 0 Å². The molecule has 0 fully saturated rings. The zero-order chi connectivity index (χ0) is 4.71. The molecule has 0 aromatic heterocycles. The van der Waals surface area contributed by atoms with E-state index in [1.54, 1.807) is 0 Å². The number of hydrogen-bond donors (Lipinski definition) is 0. The van der Waals surface area contributed by atoms with E-state index in [0.29, 0.717) is 11.7 Å². The molecule has 0 unspecified atom stereocenters. The van der Waals surface area contributed by atoms with Crippen LogP contribution in [0.2, 0.25) is 0 Å². The van der Waals surface area contributed by atoms with E-state index in [1.165, 1.54) is 6.26 Å². The van der Waals surface area contributed by atoms with E-state index in [4.69, 9.17) is 4.21 Å². The fraction of sp³-hybridized carbons (Fsp3) is 0.333. The predicted molar refractivity (Wildman–Crippen MR) is 25.2 cm³/mol. The summed E-state index contributed by atoms with van der Waals surface area (Å²) in [6, 6.07) is 0. The predicted octanol–water partition coefficient (Wildman–Crippen LogP) is 0.847. The summed E-state index contributed by atoms with van der Waals surface area (Å²) in [5.74, 6) is 0. The lowest BCUT2D eigenvalue weighted by atomic mass is 11.3. The molecule has 5 heavy (non-hydrogen) atoms. The second-order valence-corrected chi connectivity index (χ2v) is 0.500. The van der Waals surface area contributed by atoms with E-state index in [2.05, 4.69) is 13.2 Å². The summed E-state index contributed by atoms with van der Waals surface area (Å²) in [4.78, 5) is 0. The Morgan fingerprint density at radius 2 is 1.60 bits per heavy atom. The van der Waals surface area contributed by atoms with Crippen LogP contribution in [-0.4, -0.2) is 6.26 Å². The third-order valence-corrected chi connectivity index (χ3v) is 0. The Kier molecular flexibility index (Phi) is 87.6. The van der Waals surface area contributed by atoms with Gasteiger partial charge in [-0.2, -0.15) is 0 Å². The number of rotatable bonds is 0. The van der Waals surface area contributed by atoms with Gasteiger partial charge in [0, 0.05) is 4.21 Å². The fourth-order valence-corrected chi connectivity index (χ4v) is 0. The molecule has 0 heterocycles. The summed E-state index contributed by atoms with van der Waals surface area (Å²) >= 11 is 0.500. The minimum absolute atomic E-state index is 0.500. The zero-order valence-corrected chi connectivity index (χ0v) is 4.05. The van der Waals surface area contributed by atoms with Gasteiger partial charge >= 0.3 is 11.7 Å². The molecule has 0 radical (unpaired) electrons. The Hall–Kier alpha value is -0.240. The maximum Gasteiger partial charge on any atom is 0.455 e. The van der Waals surface area contributed by atoms with E-state index in [0.717, 1.165) is 0 Å². The minimum Gasteiger partial charge on any atom is -0.106 e. The highest BCUT2D eigenvalue weighted by molar-refractivity contribution is 7.64. The lowest BCUT2D eigenvalue weighted by molar-refractivity contribution is 0.607. The van der Waals surface area contributed by atoms with Crippen molar-refractivity contribution >= 4 is 11.7 Å². The minimum atomic E-state index is 0.500. The standard InChI is InChI=1S/C2H4.CH3OS/c1-2;1-3-2/h1-2H2;1H3/q;+1. The van der Waals surface area contributed by atoms with Crippen molar-refractivity contribution in [2.24, 2.45) is 0 Å². The van der Waals surface area contributed by atoms with Gasteiger partial charge in [-0.15, -0.1) is 13.2 Å². The van der Waals surface area contributed by atoms with Crippen LogP contribution < -0.4 is 0 Å². The molecular formula is C3H7OS+. The van der Waals surface area contributed by atoms with Gasteiger partial charge in [0.2, 0.25) is 6.26 Å². The largest absolute Gasteiger partial charge is 0.455 e. The molecule has 0 aliphatic carbocycles. The second kappa shape index (κ2) is 49.6. The SMILES string of the molecule is C=C.C[S+]=O. The molecule has 1 nitrogen and oxygen atoms in total. The molecule has 0 aliphatic rings. The normalized spacial score (nSPS) is 3.40. The molecule has 0 rings (SSSR count). The first-order chi connectivity index (χ1) is 2.41. The van der Waals surface area contributed by atoms with Crippen molar-refractivity contribution in [2.75, 3.05) is 6.26 Å². The van der Waals surface area contributed by atoms with Crippen LogP contribution >= 0.6 is 0 Å². The average Bonchev–Trinajstić information content (AvgIpc) is 1.46. The molecule has 0 saturated carbocycles. The summed E-state index contributed by atoms with van der Waals surface area (Å²) < 4.78 is 8.85.